The van der Waals surface area contributed by atoms with Gasteiger partial charge in [-0.1, -0.05) is 6.92 Å². The average Bonchev–Trinajstić information content (AvgIpc) is 3.57. The third-order valence-corrected chi connectivity index (χ3v) is 8.31. The highest BCUT2D eigenvalue weighted by Crippen LogP contribution is 2.48. The van der Waals surface area contributed by atoms with Crippen LogP contribution in [-0.4, -0.2) is 47.3 Å². The minimum Gasteiger partial charge on any atom is -0.394 e. The zero-order valence-electron chi connectivity index (χ0n) is 18.4. The van der Waals surface area contributed by atoms with E-state index in [0.717, 1.165) is 10.8 Å². The number of aromatic nitrogens is 1. The molecule has 1 aromatic heterocycles. The summed E-state index contributed by atoms with van der Waals surface area (Å²) in [7, 11) is -4.19. The molecule has 0 aliphatic heterocycles. The number of rotatable bonds is 12. The van der Waals surface area contributed by atoms with Crippen LogP contribution in [0.5, 0.6) is 0 Å². The van der Waals surface area contributed by atoms with Crippen molar-refractivity contribution in [2.45, 2.75) is 50.2 Å². The van der Waals surface area contributed by atoms with Gasteiger partial charge in [0.25, 0.3) is 5.56 Å². The minimum absolute atomic E-state index is 0.156. The van der Waals surface area contributed by atoms with E-state index >= 15 is 4.39 Å². The number of hydrogen-bond donors (Lipinski definition) is 4. The summed E-state index contributed by atoms with van der Waals surface area (Å²) in [6.45, 7) is 1.22. The Kier molecular flexibility index (Phi) is 8.55. The molecule has 1 unspecified atom stereocenters. The average molecular weight is 613 g/mol. The zero-order chi connectivity index (χ0) is 25.1. The van der Waals surface area contributed by atoms with Crippen LogP contribution in [0.1, 0.15) is 32.6 Å². The maximum absolute atomic E-state index is 15.2. The van der Waals surface area contributed by atoms with E-state index in [0.29, 0.717) is 16.6 Å². The summed E-state index contributed by atoms with van der Waals surface area (Å²) < 4.78 is 63.7. The van der Waals surface area contributed by atoms with Gasteiger partial charge in [-0.05, 0) is 66.5 Å². The van der Waals surface area contributed by atoms with E-state index in [-0.39, 0.29) is 37.4 Å². The lowest BCUT2D eigenvalue weighted by Gasteiger charge is -2.22. The van der Waals surface area contributed by atoms with Crippen LogP contribution < -0.4 is 15.6 Å². The lowest BCUT2D eigenvalue weighted by Crippen LogP contribution is -2.35. The van der Waals surface area contributed by atoms with Crippen molar-refractivity contribution in [1.82, 2.24) is 4.57 Å². The molecule has 1 aliphatic rings. The van der Waals surface area contributed by atoms with E-state index in [4.69, 9.17) is 9.84 Å². The van der Waals surface area contributed by atoms with Crippen LogP contribution in [0.25, 0.3) is 0 Å². The number of nitrogens with zero attached hydrogens (tertiary/aromatic N) is 1. The maximum Gasteiger partial charge on any atom is 0.290 e. The van der Waals surface area contributed by atoms with Crippen LogP contribution in [0.3, 0.4) is 0 Å². The number of aliphatic hydroxyl groups is 2. The molecular formula is C21H26F2IN3O6S. The fourth-order valence-corrected chi connectivity index (χ4v) is 5.59. The first-order chi connectivity index (χ1) is 16.0. The van der Waals surface area contributed by atoms with E-state index in [1.807, 2.05) is 29.5 Å². The molecule has 1 heterocycles. The third-order valence-electron chi connectivity index (χ3n) is 5.43. The molecule has 3 rings (SSSR count). The number of benzene rings is 1. The molecule has 0 amide bonds. The molecular weight excluding hydrogens is 587 g/mol. The molecule has 0 radical (unpaired) electrons. The molecule has 1 fully saturated rings. The molecule has 1 aliphatic carbocycles. The second-order valence-corrected chi connectivity index (χ2v) is 11.4. The number of nitrogens with one attached hydrogen (secondary N) is 2. The smallest absolute Gasteiger partial charge is 0.290 e. The minimum atomic E-state index is -4.19. The highest BCUT2D eigenvalue weighted by molar-refractivity contribution is 14.1. The Labute approximate surface area is 209 Å². The van der Waals surface area contributed by atoms with Gasteiger partial charge in [0.2, 0.25) is 15.8 Å². The van der Waals surface area contributed by atoms with Crippen molar-refractivity contribution in [2.24, 2.45) is 0 Å². The van der Waals surface area contributed by atoms with Crippen molar-refractivity contribution < 1.29 is 32.1 Å². The highest BCUT2D eigenvalue weighted by Gasteiger charge is 2.55. The number of anilines is 3. The highest BCUT2D eigenvalue weighted by atomic mass is 127. The van der Waals surface area contributed by atoms with E-state index in [2.05, 4.69) is 10.0 Å². The van der Waals surface area contributed by atoms with Crippen molar-refractivity contribution in [1.29, 1.82) is 0 Å². The molecule has 188 valence electrons. The predicted octanol–water partition coefficient (Wildman–Crippen LogP) is 2.88. The molecule has 2 aromatic rings. The molecule has 1 aromatic carbocycles. The first-order valence-electron chi connectivity index (χ1n) is 10.6. The van der Waals surface area contributed by atoms with Gasteiger partial charge in [-0.2, -0.15) is 4.39 Å². The van der Waals surface area contributed by atoms with Crippen LogP contribution in [-0.2, 0) is 21.5 Å². The molecule has 1 atom stereocenters. The largest absolute Gasteiger partial charge is 0.394 e. The van der Waals surface area contributed by atoms with Crippen LogP contribution in [0.15, 0.2) is 29.2 Å². The van der Waals surface area contributed by atoms with Gasteiger partial charge in [-0.15, -0.1) is 0 Å². The van der Waals surface area contributed by atoms with Gasteiger partial charge in [0.05, 0.1) is 28.8 Å². The second kappa shape index (κ2) is 10.8. The van der Waals surface area contributed by atoms with Gasteiger partial charge < -0.3 is 20.3 Å². The Morgan fingerprint density at radius 1 is 1.29 bits per heavy atom. The number of halogens is 3. The Bertz CT molecular complexity index is 1200. The molecule has 4 N–H and O–H groups in total. The summed E-state index contributed by atoms with van der Waals surface area (Å²) in [5.74, 6) is -2.04. The van der Waals surface area contributed by atoms with Crippen molar-refractivity contribution in [2.75, 3.05) is 23.3 Å². The molecule has 0 spiro atoms. The number of pyridine rings is 1. The first kappa shape index (κ1) is 26.8. The normalized spacial score (nSPS) is 15.7. The zero-order valence-corrected chi connectivity index (χ0v) is 21.3. The van der Waals surface area contributed by atoms with Gasteiger partial charge in [-0.25, -0.2) is 12.8 Å². The van der Waals surface area contributed by atoms with Gasteiger partial charge in [0.1, 0.15) is 18.2 Å². The molecule has 1 saturated carbocycles. The third kappa shape index (κ3) is 5.87. The summed E-state index contributed by atoms with van der Waals surface area (Å²) in [5, 5.41) is 21.4. The molecule has 34 heavy (non-hydrogen) atoms. The summed E-state index contributed by atoms with van der Waals surface area (Å²) >= 11 is 1.90. The van der Waals surface area contributed by atoms with Crippen molar-refractivity contribution in [3.8, 4) is 0 Å². The molecule has 9 nitrogen and oxygen atoms in total. The van der Waals surface area contributed by atoms with Crippen LogP contribution >= 0.6 is 22.6 Å². The number of ether oxygens (including phenoxy) is 1. The Morgan fingerprint density at radius 2 is 2.00 bits per heavy atom. The Balaban J connectivity index is 2.04. The first-order valence-corrected chi connectivity index (χ1v) is 13.1. The van der Waals surface area contributed by atoms with Gasteiger partial charge in [0, 0.05) is 16.4 Å². The standard InChI is InChI=1S/C21H26F2IN3O6S/c1-2-7-33-12-27-10-17(26-34(31,32)21(5-6-21)9-14(29)11-28)19(18(23)20(27)30)25-16-4-3-13(24)8-15(16)22/h3-4,8,10,14,25-26,28-29H,2,5-7,9,11-12H2,1H3. The van der Waals surface area contributed by atoms with Gasteiger partial charge in [-0.3, -0.25) is 14.1 Å². The summed E-state index contributed by atoms with van der Waals surface area (Å²) in [4.78, 5) is 12.6. The predicted molar refractivity (Wildman–Crippen MR) is 132 cm³/mol. The van der Waals surface area contributed by atoms with Crippen molar-refractivity contribution >= 4 is 49.7 Å². The fraction of sp³-hybridized carbons (Fsp3) is 0.476. The number of sulfonamides is 1. The van der Waals surface area contributed by atoms with Crippen LogP contribution in [0, 0.1) is 15.2 Å². The SMILES string of the molecule is CCCOCn1cc(NS(=O)(=O)C2(CC(O)CO)CC2)c(Nc2ccc(I)cc2F)c(F)c1=O. The van der Waals surface area contributed by atoms with Crippen LogP contribution in [0.4, 0.5) is 25.8 Å². The second-order valence-electron chi connectivity index (χ2n) is 8.12. The van der Waals surface area contributed by atoms with E-state index in [1.54, 1.807) is 6.07 Å². The summed E-state index contributed by atoms with van der Waals surface area (Å²) in [6, 6.07) is 4.09. The van der Waals surface area contributed by atoms with E-state index in [9.17, 15) is 22.7 Å². The van der Waals surface area contributed by atoms with Crippen molar-refractivity contribution in [3.63, 3.8) is 0 Å². The maximum atomic E-state index is 15.2. The van der Waals surface area contributed by atoms with E-state index < -0.39 is 50.4 Å². The topological polar surface area (TPSA) is 130 Å². The van der Waals surface area contributed by atoms with Crippen LogP contribution in [0.2, 0.25) is 0 Å². The molecule has 0 bridgehead atoms. The quantitative estimate of drug-likeness (QED) is 0.214. The lowest BCUT2D eigenvalue weighted by atomic mass is 10.2. The summed E-state index contributed by atoms with van der Waals surface area (Å²) in [6.07, 6.45) is 0.744. The fourth-order valence-electron chi connectivity index (χ4n) is 3.43. The summed E-state index contributed by atoms with van der Waals surface area (Å²) in [5.41, 5.74) is -2.10. The lowest BCUT2D eigenvalue weighted by molar-refractivity contribution is 0.0745. The van der Waals surface area contributed by atoms with Crippen molar-refractivity contribution in [3.05, 3.63) is 50.0 Å². The number of aliphatic hydroxyl groups excluding tert-OH is 2. The molecule has 13 heteroatoms. The molecule has 0 saturated heterocycles. The van der Waals surface area contributed by atoms with Gasteiger partial charge >= 0.3 is 0 Å². The van der Waals surface area contributed by atoms with E-state index in [1.165, 1.54) is 12.1 Å². The number of hydrogen-bond acceptors (Lipinski definition) is 7. The monoisotopic (exact) mass is 613 g/mol. The Morgan fingerprint density at radius 3 is 2.59 bits per heavy atom. The Hall–Kier alpha value is -1.81. The van der Waals surface area contributed by atoms with Gasteiger partial charge in [0.15, 0.2) is 0 Å².